The summed E-state index contributed by atoms with van der Waals surface area (Å²) < 4.78 is 7.06. The quantitative estimate of drug-likeness (QED) is 0.557. The van der Waals surface area contributed by atoms with Crippen molar-refractivity contribution in [2.75, 3.05) is 7.11 Å². The smallest absolute Gasteiger partial charge is 0.289 e. The van der Waals surface area contributed by atoms with E-state index in [2.05, 4.69) is 20.7 Å². The average molecular weight is 323 g/mol. The van der Waals surface area contributed by atoms with Gasteiger partial charge in [0, 0.05) is 13.2 Å². The van der Waals surface area contributed by atoms with E-state index >= 15 is 0 Å². The Morgan fingerprint density at radius 1 is 1.33 bits per heavy atom. The van der Waals surface area contributed by atoms with Crippen molar-refractivity contribution < 1.29 is 9.53 Å². The van der Waals surface area contributed by atoms with Crippen LogP contribution in [-0.4, -0.2) is 34.0 Å². The maximum Gasteiger partial charge on any atom is 0.289 e. The number of ether oxygens (including phenoxy) is 1. The standard InChI is InChI=1S/C17H17N5O2/c1-22-8-4-7-16(22)14-10-15(20-19-14)17(23)21-18-11-12-5-3-6-13(9-12)24-2/h3-11H,1-2H3,(H,19,20)(H,21,23)/b18-11-. The van der Waals surface area contributed by atoms with Crippen LogP contribution in [0.4, 0.5) is 0 Å². The van der Waals surface area contributed by atoms with Gasteiger partial charge in [-0.1, -0.05) is 12.1 Å². The van der Waals surface area contributed by atoms with Crippen LogP contribution in [-0.2, 0) is 7.05 Å². The number of nitrogens with one attached hydrogen (secondary N) is 2. The van der Waals surface area contributed by atoms with Gasteiger partial charge in [0.1, 0.15) is 17.1 Å². The van der Waals surface area contributed by atoms with Crippen LogP contribution >= 0.6 is 0 Å². The van der Waals surface area contributed by atoms with Crippen LogP contribution in [0.1, 0.15) is 16.1 Å². The number of carbonyl (C=O) groups is 1. The second-order valence-corrected chi connectivity index (χ2v) is 5.15. The zero-order chi connectivity index (χ0) is 16.9. The Kier molecular flexibility index (Phi) is 4.42. The van der Waals surface area contributed by atoms with Crippen molar-refractivity contribution in [1.29, 1.82) is 0 Å². The van der Waals surface area contributed by atoms with Crippen molar-refractivity contribution in [3.63, 3.8) is 0 Å². The lowest BCUT2D eigenvalue weighted by atomic mass is 10.2. The topological polar surface area (TPSA) is 84.3 Å². The summed E-state index contributed by atoms with van der Waals surface area (Å²) >= 11 is 0. The molecule has 3 rings (SSSR count). The first-order valence-corrected chi connectivity index (χ1v) is 7.32. The molecule has 0 unspecified atom stereocenters. The summed E-state index contributed by atoms with van der Waals surface area (Å²) in [4.78, 5) is 12.1. The van der Waals surface area contributed by atoms with E-state index in [0.29, 0.717) is 11.4 Å². The molecule has 0 spiro atoms. The Balaban J connectivity index is 1.66. The maximum atomic E-state index is 12.1. The minimum Gasteiger partial charge on any atom is -0.497 e. The molecule has 0 saturated heterocycles. The molecule has 0 bridgehead atoms. The van der Waals surface area contributed by atoms with Crippen LogP contribution < -0.4 is 10.2 Å². The van der Waals surface area contributed by atoms with Crippen LogP contribution in [0.25, 0.3) is 11.4 Å². The lowest BCUT2D eigenvalue weighted by molar-refractivity contribution is 0.0950. The zero-order valence-corrected chi connectivity index (χ0v) is 13.4. The number of carbonyl (C=O) groups excluding carboxylic acids is 1. The molecule has 3 aromatic rings. The molecule has 7 nitrogen and oxygen atoms in total. The Hall–Kier alpha value is -3.35. The number of amides is 1. The van der Waals surface area contributed by atoms with Gasteiger partial charge >= 0.3 is 0 Å². The van der Waals surface area contributed by atoms with E-state index in [9.17, 15) is 4.79 Å². The summed E-state index contributed by atoms with van der Waals surface area (Å²) in [5.74, 6) is 0.369. The van der Waals surface area contributed by atoms with Crippen LogP contribution in [0, 0.1) is 0 Å². The number of rotatable bonds is 5. The molecule has 0 radical (unpaired) electrons. The summed E-state index contributed by atoms with van der Waals surface area (Å²) in [6.45, 7) is 0. The van der Waals surface area contributed by atoms with Gasteiger partial charge in [0.2, 0.25) is 0 Å². The number of hydrogen-bond donors (Lipinski definition) is 2. The van der Waals surface area contributed by atoms with Gasteiger partial charge in [0.05, 0.1) is 19.0 Å². The van der Waals surface area contributed by atoms with E-state index < -0.39 is 0 Å². The molecule has 122 valence electrons. The number of hydrazone groups is 1. The highest BCUT2D eigenvalue weighted by Crippen LogP contribution is 2.17. The number of benzene rings is 1. The van der Waals surface area contributed by atoms with E-state index in [-0.39, 0.29) is 5.91 Å². The first-order chi connectivity index (χ1) is 11.7. The fraction of sp³-hybridized carbons (Fsp3) is 0.118. The highest BCUT2D eigenvalue weighted by molar-refractivity contribution is 5.94. The lowest BCUT2D eigenvalue weighted by Gasteiger charge is -2.00. The second kappa shape index (κ2) is 6.82. The zero-order valence-electron chi connectivity index (χ0n) is 13.4. The van der Waals surface area contributed by atoms with Crippen LogP contribution in [0.15, 0.2) is 53.8 Å². The van der Waals surface area contributed by atoms with Gasteiger partial charge in [-0.2, -0.15) is 10.2 Å². The fourth-order valence-corrected chi connectivity index (χ4v) is 2.24. The van der Waals surface area contributed by atoms with Crippen LogP contribution in [0.2, 0.25) is 0 Å². The molecule has 0 fully saturated rings. The predicted molar refractivity (Wildman–Crippen MR) is 91.0 cm³/mol. The first-order valence-electron chi connectivity index (χ1n) is 7.32. The minimum absolute atomic E-state index is 0.342. The Morgan fingerprint density at radius 2 is 2.21 bits per heavy atom. The molecule has 0 atom stereocenters. The normalized spacial score (nSPS) is 10.9. The van der Waals surface area contributed by atoms with Gasteiger partial charge in [0.25, 0.3) is 5.91 Å². The molecule has 24 heavy (non-hydrogen) atoms. The van der Waals surface area contributed by atoms with Gasteiger partial charge < -0.3 is 9.30 Å². The van der Waals surface area contributed by atoms with Crippen LogP contribution in [0.3, 0.4) is 0 Å². The lowest BCUT2D eigenvalue weighted by Crippen LogP contribution is -2.18. The van der Waals surface area contributed by atoms with Crippen molar-refractivity contribution in [3.05, 3.63) is 59.9 Å². The van der Waals surface area contributed by atoms with E-state index in [1.54, 1.807) is 19.4 Å². The minimum atomic E-state index is -0.359. The van der Waals surface area contributed by atoms with E-state index in [1.165, 1.54) is 0 Å². The van der Waals surface area contributed by atoms with Gasteiger partial charge in [0.15, 0.2) is 0 Å². The van der Waals surface area contributed by atoms with Crippen molar-refractivity contribution in [2.24, 2.45) is 12.1 Å². The monoisotopic (exact) mass is 323 g/mol. The SMILES string of the molecule is COc1cccc(/C=N\NC(=O)c2cc(-c3cccn3C)n[nH]2)c1. The number of aryl methyl sites for hydroxylation is 1. The Labute approximate surface area is 139 Å². The molecule has 2 N–H and O–H groups in total. The highest BCUT2D eigenvalue weighted by atomic mass is 16.5. The van der Waals surface area contributed by atoms with Crippen LogP contribution in [0.5, 0.6) is 5.75 Å². The number of aromatic amines is 1. The van der Waals surface area contributed by atoms with Gasteiger partial charge in [-0.25, -0.2) is 5.43 Å². The summed E-state index contributed by atoms with van der Waals surface area (Å²) in [5.41, 5.74) is 5.25. The van der Waals surface area contributed by atoms with Gasteiger partial charge in [-0.3, -0.25) is 9.89 Å². The molecule has 1 aromatic carbocycles. The number of methoxy groups -OCH3 is 1. The number of H-pyrrole nitrogens is 1. The molecule has 0 aliphatic carbocycles. The molecular formula is C17H17N5O2. The van der Waals surface area contributed by atoms with E-state index in [4.69, 9.17) is 4.74 Å². The van der Waals surface area contributed by atoms with Gasteiger partial charge in [-0.05, 0) is 35.9 Å². The highest BCUT2D eigenvalue weighted by Gasteiger charge is 2.11. The second-order valence-electron chi connectivity index (χ2n) is 5.15. The third-order valence-corrected chi connectivity index (χ3v) is 3.50. The van der Waals surface area contributed by atoms with Crippen molar-refractivity contribution in [3.8, 4) is 17.1 Å². The molecular weight excluding hydrogens is 306 g/mol. The molecule has 0 saturated carbocycles. The summed E-state index contributed by atoms with van der Waals surface area (Å²) in [5, 5.41) is 10.8. The van der Waals surface area contributed by atoms with E-state index in [1.807, 2.05) is 54.2 Å². The Bertz CT molecular complexity index is 879. The molecule has 2 heterocycles. The summed E-state index contributed by atoms with van der Waals surface area (Å²) in [6, 6.07) is 12.9. The predicted octanol–water partition coefficient (Wildman–Crippen LogP) is 2.19. The molecule has 0 aliphatic rings. The van der Waals surface area contributed by atoms with Gasteiger partial charge in [-0.15, -0.1) is 0 Å². The first kappa shape index (κ1) is 15.5. The number of nitrogens with zero attached hydrogens (tertiary/aromatic N) is 3. The molecule has 2 aromatic heterocycles. The largest absolute Gasteiger partial charge is 0.497 e. The summed E-state index contributed by atoms with van der Waals surface area (Å²) in [6.07, 6.45) is 3.47. The van der Waals surface area contributed by atoms with Crippen molar-refractivity contribution in [1.82, 2.24) is 20.2 Å². The maximum absolute atomic E-state index is 12.1. The van der Waals surface area contributed by atoms with E-state index in [0.717, 1.165) is 17.0 Å². The average Bonchev–Trinajstić information content (AvgIpc) is 3.23. The number of aromatic nitrogens is 3. The third kappa shape index (κ3) is 3.35. The number of hydrogen-bond acceptors (Lipinski definition) is 4. The van der Waals surface area contributed by atoms with Crippen molar-refractivity contribution in [2.45, 2.75) is 0 Å². The molecule has 0 aliphatic heterocycles. The summed E-state index contributed by atoms with van der Waals surface area (Å²) in [7, 11) is 3.52. The fourth-order valence-electron chi connectivity index (χ4n) is 2.24. The Morgan fingerprint density at radius 3 is 2.96 bits per heavy atom. The molecule has 7 heteroatoms. The third-order valence-electron chi connectivity index (χ3n) is 3.50. The van der Waals surface area contributed by atoms with Crippen molar-refractivity contribution >= 4 is 12.1 Å². The molecule has 1 amide bonds.